The molecule has 2 aromatic rings. The normalized spacial score (nSPS) is 10.4. The Morgan fingerprint density at radius 1 is 1.14 bits per heavy atom. The van der Waals surface area contributed by atoms with E-state index in [0.29, 0.717) is 12.1 Å². The largest absolute Gasteiger partial charge is 0.396 e. The minimum atomic E-state index is -0.298. The van der Waals surface area contributed by atoms with Gasteiger partial charge >= 0.3 is 0 Å². The van der Waals surface area contributed by atoms with Crippen molar-refractivity contribution in [1.82, 2.24) is 5.32 Å². The second-order valence-electron chi connectivity index (χ2n) is 4.51. The zero-order valence-electron chi connectivity index (χ0n) is 11.1. The molecular weight excluding hydrogens is 311 g/mol. The minimum absolute atomic E-state index is 0.0367. The maximum Gasteiger partial charge on any atom is 0.251 e. The molecule has 21 heavy (non-hydrogen) atoms. The summed E-state index contributed by atoms with van der Waals surface area (Å²) in [6, 6.07) is 10.3. The lowest BCUT2D eigenvalue weighted by molar-refractivity contribution is 0.0951. The van der Waals surface area contributed by atoms with Crippen molar-refractivity contribution in [3.05, 3.63) is 63.1 Å². The number of benzene rings is 2. The van der Waals surface area contributed by atoms with Crippen LogP contribution in [0.25, 0.3) is 0 Å². The van der Waals surface area contributed by atoms with Crippen molar-refractivity contribution in [2.45, 2.75) is 13.2 Å². The first-order valence-electron chi connectivity index (χ1n) is 6.22. The SMILES string of the molecule is Nc1c(Cl)cc(C(=O)NCc2cccc(CO)c2)cc1Cl. The molecule has 0 aliphatic carbocycles. The first-order chi connectivity index (χ1) is 10.0. The zero-order valence-corrected chi connectivity index (χ0v) is 12.6. The summed E-state index contributed by atoms with van der Waals surface area (Å²) in [6.45, 7) is 0.303. The number of hydrogen-bond acceptors (Lipinski definition) is 3. The van der Waals surface area contributed by atoms with Crippen LogP contribution in [0.5, 0.6) is 0 Å². The Labute approximate surface area is 132 Å². The number of amides is 1. The summed E-state index contributed by atoms with van der Waals surface area (Å²) in [5.74, 6) is -0.298. The first kappa shape index (κ1) is 15.6. The average molecular weight is 325 g/mol. The summed E-state index contributed by atoms with van der Waals surface area (Å²) in [5, 5.41) is 12.3. The average Bonchev–Trinajstić information content (AvgIpc) is 2.50. The van der Waals surface area contributed by atoms with Crippen LogP contribution in [0.15, 0.2) is 36.4 Å². The van der Waals surface area contributed by atoms with Crippen molar-refractivity contribution >= 4 is 34.8 Å². The number of nitrogen functional groups attached to an aromatic ring is 1. The summed E-state index contributed by atoms with van der Waals surface area (Å²) >= 11 is 11.8. The number of rotatable bonds is 4. The van der Waals surface area contributed by atoms with Gasteiger partial charge in [0, 0.05) is 12.1 Å². The van der Waals surface area contributed by atoms with Crippen molar-refractivity contribution in [3.63, 3.8) is 0 Å². The monoisotopic (exact) mass is 324 g/mol. The van der Waals surface area contributed by atoms with Gasteiger partial charge in [-0.25, -0.2) is 0 Å². The number of carbonyl (C=O) groups excluding carboxylic acids is 1. The summed E-state index contributed by atoms with van der Waals surface area (Å²) in [6.07, 6.45) is 0. The van der Waals surface area contributed by atoms with Gasteiger partial charge < -0.3 is 16.2 Å². The second-order valence-corrected chi connectivity index (χ2v) is 5.33. The van der Waals surface area contributed by atoms with Gasteiger partial charge in [-0.1, -0.05) is 47.5 Å². The molecule has 0 fully saturated rings. The van der Waals surface area contributed by atoms with E-state index < -0.39 is 0 Å². The second kappa shape index (κ2) is 6.80. The summed E-state index contributed by atoms with van der Waals surface area (Å²) in [7, 11) is 0. The zero-order chi connectivity index (χ0) is 15.4. The summed E-state index contributed by atoms with van der Waals surface area (Å²) in [5.41, 5.74) is 7.91. The van der Waals surface area contributed by atoms with Crippen LogP contribution in [0, 0.1) is 0 Å². The predicted molar refractivity (Wildman–Crippen MR) is 84.4 cm³/mol. The highest BCUT2D eigenvalue weighted by molar-refractivity contribution is 6.39. The summed E-state index contributed by atoms with van der Waals surface area (Å²) in [4.78, 5) is 12.1. The lowest BCUT2D eigenvalue weighted by atomic mass is 10.1. The number of halogens is 2. The third-order valence-corrected chi connectivity index (χ3v) is 3.59. The molecule has 2 aromatic carbocycles. The molecular formula is C15H14Cl2N2O2. The topological polar surface area (TPSA) is 75.4 Å². The van der Waals surface area contributed by atoms with E-state index in [1.54, 1.807) is 0 Å². The predicted octanol–water partition coefficient (Wildman–Crippen LogP) is 3.00. The third-order valence-electron chi connectivity index (χ3n) is 2.97. The standard InChI is InChI=1S/C15H14Cl2N2O2/c16-12-5-11(6-13(17)14(12)18)15(21)19-7-9-2-1-3-10(4-9)8-20/h1-6,20H,7-8,18H2,(H,19,21). The van der Waals surface area contributed by atoms with E-state index in [1.807, 2.05) is 24.3 Å². The van der Waals surface area contributed by atoms with Crippen LogP contribution in [-0.2, 0) is 13.2 Å². The number of hydrogen-bond donors (Lipinski definition) is 3. The van der Waals surface area contributed by atoms with Crippen molar-refractivity contribution in [3.8, 4) is 0 Å². The Morgan fingerprint density at radius 3 is 2.38 bits per heavy atom. The molecule has 0 aliphatic heterocycles. The number of aliphatic hydroxyl groups is 1. The van der Waals surface area contributed by atoms with E-state index in [2.05, 4.69) is 5.32 Å². The maximum absolute atomic E-state index is 12.1. The number of nitrogens with one attached hydrogen (secondary N) is 1. The molecule has 0 saturated heterocycles. The Hall–Kier alpha value is -1.75. The molecule has 0 radical (unpaired) electrons. The molecule has 0 spiro atoms. The van der Waals surface area contributed by atoms with E-state index in [1.165, 1.54) is 12.1 Å². The Balaban J connectivity index is 2.08. The van der Waals surface area contributed by atoms with Gasteiger partial charge in [-0.15, -0.1) is 0 Å². The highest BCUT2D eigenvalue weighted by atomic mass is 35.5. The van der Waals surface area contributed by atoms with Crippen molar-refractivity contribution in [2.75, 3.05) is 5.73 Å². The molecule has 6 heteroatoms. The van der Waals surface area contributed by atoms with Gasteiger partial charge in [0.05, 0.1) is 22.3 Å². The van der Waals surface area contributed by atoms with Gasteiger partial charge in [0.25, 0.3) is 5.91 Å². The Morgan fingerprint density at radius 2 is 1.76 bits per heavy atom. The van der Waals surface area contributed by atoms with E-state index in [0.717, 1.165) is 11.1 Å². The van der Waals surface area contributed by atoms with Crippen molar-refractivity contribution < 1.29 is 9.90 Å². The Bertz CT molecular complexity index is 651. The van der Waals surface area contributed by atoms with Gasteiger partial charge in [-0.05, 0) is 23.3 Å². The fourth-order valence-electron chi connectivity index (χ4n) is 1.84. The lowest BCUT2D eigenvalue weighted by Gasteiger charge is -2.08. The van der Waals surface area contributed by atoms with Crippen molar-refractivity contribution in [1.29, 1.82) is 0 Å². The molecule has 0 unspecified atom stereocenters. The van der Waals surface area contributed by atoms with Crippen LogP contribution < -0.4 is 11.1 Å². The van der Waals surface area contributed by atoms with Crippen LogP contribution in [0.2, 0.25) is 10.0 Å². The number of anilines is 1. The molecule has 0 aromatic heterocycles. The van der Waals surface area contributed by atoms with Gasteiger partial charge in [0.1, 0.15) is 0 Å². The van der Waals surface area contributed by atoms with E-state index in [-0.39, 0.29) is 28.2 Å². The molecule has 0 atom stereocenters. The van der Waals surface area contributed by atoms with Gasteiger partial charge in [-0.2, -0.15) is 0 Å². The molecule has 0 aliphatic rings. The Kier molecular flexibility index (Phi) is 5.07. The van der Waals surface area contributed by atoms with Crippen LogP contribution in [-0.4, -0.2) is 11.0 Å². The summed E-state index contributed by atoms with van der Waals surface area (Å²) < 4.78 is 0. The fraction of sp³-hybridized carbons (Fsp3) is 0.133. The third kappa shape index (κ3) is 3.88. The van der Waals surface area contributed by atoms with Gasteiger partial charge in [0.2, 0.25) is 0 Å². The van der Waals surface area contributed by atoms with Crippen LogP contribution in [0.4, 0.5) is 5.69 Å². The maximum atomic E-state index is 12.1. The van der Waals surface area contributed by atoms with Crippen LogP contribution in [0.1, 0.15) is 21.5 Å². The molecule has 0 saturated carbocycles. The quantitative estimate of drug-likeness (QED) is 0.757. The number of nitrogens with two attached hydrogens (primary N) is 1. The molecule has 0 heterocycles. The van der Waals surface area contributed by atoms with Gasteiger partial charge in [0.15, 0.2) is 0 Å². The molecule has 1 amide bonds. The number of aliphatic hydroxyl groups excluding tert-OH is 1. The van der Waals surface area contributed by atoms with Crippen LogP contribution >= 0.6 is 23.2 Å². The van der Waals surface area contributed by atoms with Gasteiger partial charge in [-0.3, -0.25) is 4.79 Å². The molecule has 0 bridgehead atoms. The van der Waals surface area contributed by atoms with E-state index in [9.17, 15) is 4.79 Å². The van der Waals surface area contributed by atoms with E-state index >= 15 is 0 Å². The molecule has 110 valence electrons. The molecule has 2 rings (SSSR count). The lowest BCUT2D eigenvalue weighted by Crippen LogP contribution is -2.23. The van der Waals surface area contributed by atoms with E-state index in [4.69, 9.17) is 34.0 Å². The smallest absolute Gasteiger partial charge is 0.251 e. The molecule has 4 nitrogen and oxygen atoms in total. The van der Waals surface area contributed by atoms with Crippen LogP contribution in [0.3, 0.4) is 0 Å². The fourth-order valence-corrected chi connectivity index (χ4v) is 2.32. The minimum Gasteiger partial charge on any atom is -0.396 e. The van der Waals surface area contributed by atoms with Crippen molar-refractivity contribution in [2.24, 2.45) is 0 Å². The highest BCUT2D eigenvalue weighted by Crippen LogP contribution is 2.28. The number of carbonyl (C=O) groups is 1. The first-order valence-corrected chi connectivity index (χ1v) is 6.98. The highest BCUT2D eigenvalue weighted by Gasteiger charge is 2.11. The molecule has 4 N–H and O–H groups in total.